The van der Waals surface area contributed by atoms with Gasteiger partial charge >= 0.3 is 30.2 Å². The standard InChI is InChI=1S/C22H25.C20H20Br.2CH3.Si.Zr/c1-15(2)18-13-17-7-6-8-20(21(17)14-18)16-9-11-19(12-10-16)22(3,4)5;1-13-11-17-16(9-10-19(21)18(17)12-13)14-5-7-15(8-6-14)20(2,3)4;;;;/h6-15H,1-5H3;5-12H,1-4H3;2*1H3;;/q4*-1;;. The zero-order valence-electron chi connectivity index (χ0n) is 30.3. The molecule has 0 aliphatic heterocycles. The second-order valence-electron chi connectivity index (χ2n) is 14.4. The van der Waals surface area contributed by atoms with Crippen LogP contribution in [0.25, 0.3) is 43.8 Å². The average Bonchev–Trinajstić information content (AvgIpc) is 3.62. The average molecular weight is 779 g/mol. The van der Waals surface area contributed by atoms with E-state index in [0.29, 0.717) is 5.92 Å². The summed E-state index contributed by atoms with van der Waals surface area (Å²) in [5.74, 6) is 0.573. The molecule has 0 aliphatic carbocycles. The van der Waals surface area contributed by atoms with Crippen LogP contribution in [0, 0.1) is 21.8 Å². The van der Waals surface area contributed by atoms with Crippen molar-refractivity contribution in [3.05, 3.63) is 145 Å². The molecule has 0 amide bonds. The molecule has 0 unspecified atom stereocenters. The molecule has 0 aliphatic rings. The summed E-state index contributed by atoms with van der Waals surface area (Å²) >= 11 is 5.01. The number of halogens is 1. The molecule has 6 rings (SSSR count). The van der Waals surface area contributed by atoms with Crippen LogP contribution in [0.1, 0.15) is 83.6 Å². The Morgan fingerprint density at radius 2 is 1.13 bits per heavy atom. The molecular weight excluding hydrogens is 728 g/mol. The fourth-order valence-corrected chi connectivity index (χ4v) is 6.26. The van der Waals surface area contributed by atoms with Gasteiger partial charge in [-0.15, -0.1) is 72.9 Å². The number of aryl methyl sites for hydroxylation is 1. The molecule has 0 heterocycles. The van der Waals surface area contributed by atoms with Gasteiger partial charge in [-0.1, -0.05) is 145 Å². The van der Waals surface area contributed by atoms with Gasteiger partial charge in [0.25, 0.3) is 0 Å². The summed E-state index contributed by atoms with van der Waals surface area (Å²) in [6.07, 6.45) is 0. The summed E-state index contributed by atoms with van der Waals surface area (Å²) in [5, 5.41) is 5.34. The molecular formula is C44H51BrSiZr-4. The second kappa shape index (κ2) is 16.9. The van der Waals surface area contributed by atoms with E-state index in [1.54, 1.807) is 0 Å². The van der Waals surface area contributed by atoms with Crippen LogP contribution in [0.15, 0.2) is 108 Å². The van der Waals surface area contributed by atoms with Crippen molar-refractivity contribution in [2.24, 2.45) is 0 Å². The van der Waals surface area contributed by atoms with Gasteiger partial charge in [0, 0.05) is 0 Å². The molecule has 47 heavy (non-hydrogen) atoms. The van der Waals surface area contributed by atoms with E-state index in [2.05, 4.69) is 188 Å². The maximum absolute atomic E-state index is 3.65. The maximum atomic E-state index is 3.65. The first-order valence-electron chi connectivity index (χ1n) is 15.7. The number of fused-ring (bicyclic) bond motifs is 2. The Morgan fingerprint density at radius 1 is 0.638 bits per heavy atom. The quantitative estimate of drug-likeness (QED) is 0.124. The SMILES string of the molecule is CC(C)c1cc2c(-c3ccc(C(C)(C)C)cc3)cccc2[cH-]1.Cc1cc2c(-c3ccc(C(C)(C)C)cc3)ccc(Br)c2[cH-]1.[CH3-].[CH3-].[Si]=[Zr]. The van der Waals surface area contributed by atoms with Gasteiger partial charge in [0.2, 0.25) is 0 Å². The molecule has 0 nitrogen and oxygen atoms in total. The molecule has 2 radical (unpaired) electrons. The van der Waals surface area contributed by atoms with Crippen LogP contribution in [-0.4, -0.2) is 6.88 Å². The van der Waals surface area contributed by atoms with E-state index in [1.165, 1.54) is 93.9 Å². The van der Waals surface area contributed by atoms with Crippen molar-refractivity contribution in [3.8, 4) is 22.3 Å². The molecule has 6 aromatic rings. The van der Waals surface area contributed by atoms with Gasteiger partial charge in [-0.05, 0) is 39.0 Å². The summed E-state index contributed by atoms with van der Waals surface area (Å²) in [4.78, 5) is 0. The van der Waals surface area contributed by atoms with E-state index >= 15 is 0 Å². The topological polar surface area (TPSA) is 0 Å². The number of benzene rings is 4. The van der Waals surface area contributed by atoms with Crippen LogP contribution < -0.4 is 0 Å². The van der Waals surface area contributed by atoms with Crippen LogP contribution in [-0.2, 0) is 34.2 Å². The Kier molecular flexibility index (Phi) is 14.7. The monoisotopic (exact) mass is 776 g/mol. The Bertz CT molecular complexity index is 1870. The number of rotatable bonds is 3. The second-order valence-corrected chi connectivity index (χ2v) is 15.2. The minimum atomic E-state index is 0. The Hall–Kier alpha value is -2.32. The van der Waals surface area contributed by atoms with Crippen LogP contribution in [0.5, 0.6) is 0 Å². The van der Waals surface area contributed by atoms with E-state index in [4.69, 9.17) is 0 Å². The fourth-order valence-electron chi connectivity index (χ4n) is 5.80. The fraction of sp³-hybridized carbons (Fsp3) is 0.273. The first kappa shape index (κ1) is 40.9. The third-order valence-electron chi connectivity index (χ3n) is 8.54. The van der Waals surface area contributed by atoms with Gasteiger partial charge < -0.3 is 14.9 Å². The minimum absolute atomic E-state index is 0. The number of hydrogen-bond acceptors (Lipinski definition) is 0. The molecule has 246 valence electrons. The molecule has 0 N–H and O–H groups in total. The zero-order chi connectivity index (χ0) is 33.1. The molecule has 6 aromatic carbocycles. The Balaban J connectivity index is 0.000000299. The molecule has 0 spiro atoms. The van der Waals surface area contributed by atoms with Gasteiger partial charge in [-0.25, -0.2) is 0 Å². The normalized spacial score (nSPS) is 11.2. The van der Waals surface area contributed by atoms with Crippen LogP contribution >= 0.6 is 15.9 Å². The predicted molar refractivity (Wildman–Crippen MR) is 212 cm³/mol. The molecule has 0 saturated heterocycles. The van der Waals surface area contributed by atoms with E-state index in [9.17, 15) is 0 Å². The van der Waals surface area contributed by atoms with Crippen LogP contribution in [0.2, 0.25) is 0 Å². The van der Waals surface area contributed by atoms with Crippen molar-refractivity contribution in [3.63, 3.8) is 0 Å². The molecule has 3 heteroatoms. The molecule has 0 fully saturated rings. The third kappa shape index (κ3) is 9.65. The van der Waals surface area contributed by atoms with Gasteiger partial charge in [-0.3, -0.25) is 0 Å². The summed E-state index contributed by atoms with van der Waals surface area (Å²) in [6.45, 7) is 23.3. The van der Waals surface area contributed by atoms with Gasteiger partial charge in [-0.2, -0.15) is 12.1 Å². The van der Waals surface area contributed by atoms with E-state index in [1.807, 2.05) is 0 Å². The first-order valence-corrected chi connectivity index (χ1v) is 20.7. The Morgan fingerprint density at radius 3 is 1.60 bits per heavy atom. The van der Waals surface area contributed by atoms with Crippen molar-refractivity contribution in [2.45, 2.75) is 79.1 Å². The Labute approximate surface area is 311 Å². The van der Waals surface area contributed by atoms with Crippen LogP contribution in [0.3, 0.4) is 0 Å². The van der Waals surface area contributed by atoms with Crippen molar-refractivity contribution >= 4 is 44.4 Å². The van der Waals surface area contributed by atoms with Crippen molar-refractivity contribution < 1.29 is 23.3 Å². The third-order valence-corrected chi connectivity index (χ3v) is 9.23. The zero-order valence-corrected chi connectivity index (χ0v) is 35.3. The van der Waals surface area contributed by atoms with Gasteiger partial charge in [0.05, 0.1) is 0 Å². The van der Waals surface area contributed by atoms with Crippen molar-refractivity contribution in [1.29, 1.82) is 0 Å². The first-order chi connectivity index (χ1) is 21.2. The summed E-state index contributed by atoms with van der Waals surface area (Å²) in [7, 11) is 0. The van der Waals surface area contributed by atoms with E-state index in [-0.39, 0.29) is 25.7 Å². The van der Waals surface area contributed by atoms with Crippen LogP contribution in [0.4, 0.5) is 0 Å². The molecule has 0 saturated carbocycles. The van der Waals surface area contributed by atoms with E-state index in [0.717, 1.165) is 0 Å². The summed E-state index contributed by atoms with van der Waals surface area (Å²) < 4.78 is 1.17. The summed E-state index contributed by atoms with van der Waals surface area (Å²) in [6, 6.07) is 38.2. The van der Waals surface area contributed by atoms with Crippen molar-refractivity contribution in [2.75, 3.05) is 0 Å². The molecule has 0 bridgehead atoms. The molecule has 0 aromatic heterocycles. The predicted octanol–water partition coefficient (Wildman–Crippen LogP) is 13.8. The van der Waals surface area contributed by atoms with Gasteiger partial charge in [0.1, 0.15) is 0 Å². The summed E-state index contributed by atoms with van der Waals surface area (Å²) in [5.41, 5.74) is 11.1. The number of hydrogen-bond donors (Lipinski definition) is 0. The van der Waals surface area contributed by atoms with Gasteiger partial charge in [0.15, 0.2) is 0 Å². The van der Waals surface area contributed by atoms with E-state index < -0.39 is 0 Å². The van der Waals surface area contributed by atoms with Crippen molar-refractivity contribution in [1.82, 2.24) is 0 Å². The molecule has 0 atom stereocenters.